The summed E-state index contributed by atoms with van der Waals surface area (Å²) in [7, 11) is 0. The lowest BCUT2D eigenvalue weighted by Crippen LogP contribution is -2.54. The molecule has 0 spiro atoms. The number of carbonyl (C=O) groups excluding carboxylic acids is 1. The number of halogens is 1. The molecule has 0 bridgehead atoms. The number of nitrogens with zero attached hydrogens (tertiary/aromatic N) is 2. The molecule has 1 aliphatic carbocycles. The fourth-order valence-corrected chi connectivity index (χ4v) is 3.08. The van der Waals surface area contributed by atoms with Gasteiger partial charge in [0.05, 0.1) is 16.6 Å². The largest absolute Gasteiger partial charge is 0.346 e. The first kappa shape index (κ1) is 12.5. The van der Waals surface area contributed by atoms with Crippen LogP contribution in [0.3, 0.4) is 0 Å². The predicted molar refractivity (Wildman–Crippen MR) is 77.4 cm³/mol. The second-order valence-electron chi connectivity index (χ2n) is 4.95. The number of carbonyl (C=O) groups is 1. The van der Waals surface area contributed by atoms with Crippen LogP contribution >= 0.6 is 15.9 Å². The summed E-state index contributed by atoms with van der Waals surface area (Å²) in [5.41, 5.74) is 1.92. The Hall–Kier alpha value is -1.49. The van der Waals surface area contributed by atoms with Crippen molar-refractivity contribution in [3.05, 3.63) is 36.2 Å². The summed E-state index contributed by atoms with van der Waals surface area (Å²) < 4.78 is 0. The highest BCUT2D eigenvalue weighted by molar-refractivity contribution is 9.09. The van der Waals surface area contributed by atoms with E-state index in [1.807, 2.05) is 12.1 Å². The van der Waals surface area contributed by atoms with Gasteiger partial charge in [0.25, 0.3) is 5.91 Å². The first-order valence-electron chi connectivity index (χ1n) is 6.32. The first-order valence-corrected chi connectivity index (χ1v) is 7.44. The van der Waals surface area contributed by atoms with Crippen LogP contribution in [0.25, 0.3) is 11.0 Å². The summed E-state index contributed by atoms with van der Waals surface area (Å²) in [5, 5.41) is 3.93. The summed E-state index contributed by atoms with van der Waals surface area (Å²) >= 11 is 3.49. The molecule has 0 unspecified atom stereocenters. The van der Waals surface area contributed by atoms with Crippen molar-refractivity contribution < 1.29 is 4.79 Å². The van der Waals surface area contributed by atoms with Crippen molar-refractivity contribution in [2.24, 2.45) is 0 Å². The number of aromatic nitrogens is 2. The molecule has 5 heteroatoms. The molecule has 2 aromatic rings. The van der Waals surface area contributed by atoms with Gasteiger partial charge in [-0.05, 0) is 31.4 Å². The number of para-hydroxylation sites is 1. The van der Waals surface area contributed by atoms with Crippen molar-refractivity contribution in [2.45, 2.75) is 24.8 Å². The van der Waals surface area contributed by atoms with Gasteiger partial charge in [-0.1, -0.05) is 22.0 Å². The van der Waals surface area contributed by atoms with E-state index in [4.69, 9.17) is 0 Å². The van der Waals surface area contributed by atoms with Gasteiger partial charge in [-0.2, -0.15) is 0 Å². The molecule has 3 rings (SSSR count). The van der Waals surface area contributed by atoms with Crippen LogP contribution in [0.4, 0.5) is 0 Å². The number of rotatable bonds is 3. The normalized spacial score (nSPS) is 16.9. The number of nitrogens with one attached hydrogen (secondary N) is 1. The summed E-state index contributed by atoms with van der Waals surface area (Å²) in [4.78, 5) is 20.9. The molecule has 1 aliphatic rings. The van der Waals surface area contributed by atoms with Gasteiger partial charge in [0.2, 0.25) is 0 Å². The van der Waals surface area contributed by atoms with Crippen molar-refractivity contribution in [1.29, 1.82) is 0 Å². The highest BCUT2D eigenvalue weighted by Crippen LogP contribution is 2.33. The van der Waals surface area contributed by atoms with Gasteiger partial charge in [0, 0.05) is 17.7 Å². The van der Waals surface area contributed by atoms with Gasteiger partial charge in [-0.15, -0.1) is 0 Å². The molecule has 1 saturated carbocycles. The van der Waals surface area contributed by atoms with E-state index < -0.39 is 0 Å². The van der Waals surface area contributed by atoms with Crippen LogP contribution in [0.15, 0.2) is 30.6 Å². The Morgan fingerprint density at radius 3 is 2.79 bits per heavy atom. The smallest absolute Gasteiger partial charge is 0.254 e. The van der Waals surface area contributed by atoms with Crippen LogP contribution in [-0.2, 0) is 0 Å². The van der Waals surface area contributed by atoms with Crippen molar-refractivity contribution in [3.8, 4) is 0 Å². The Morgan fingerprint density at radius 2 is 2.11 bits per heavy atom. The molecule has 0 saturated heterocycles. The lowest BCUT2D eigenvalue weighted by molar-refractivity contribution is 0.0858. The summed E-state index contributed by atoms with van der Waals surface area (Å²) in [5.74, 6) is -0.0646. The van der Waals surface area contributed by atoms with E-state index in [1.54, 1.807) is 18.5 Å². The van der Waals surface area contributed by atoms with E-state index in [-0.39, 0.29) is 11.4 Å². The minimum Gasteiger partial charge on any atom is -0.346 e. The third kappa shape index (κ3) is 2.23. The predicted octanol–water partition coefficient (Wildman–Crippen LogP) is 2.68. The third-order valence-electron chi connectivity index (χ3n) is 3.69. The maximum atomic E-state index is 12.4. The molecule has 1 N–H and O–H groups in total. The average Bonchev–Trinajstić information content (AvgIpc) is 2.42. The molecule has 1 aromatic heterocycles. The minimum atomic E-state index is -0.0819. The standard InChI is InChI=1S/C14H14BrN3O/c15-9-14(5-2-6-14)18-13(19)10-3-1-4-11-12(10)17-8-7-16-11/h1,3-4,7-8H,2,5-6,9H2,(H,18,19). The number of fused-ring (bicyclic) bond motifs is 1. The Bertz CT molecular complexity index is 614. The lowest BCUT2D eigenvalue weighted by Gasteiger charge is -2.41. The van der Waals surface area contributed by atoms with Gasteiger partial charge in [0.1, 0.15) is 5.52 Å². The Kier molecular flexibility index (Phi) is 3.22. The molecule has 19 heavy (non-hydrogen) atoms. The fraction of sp³-hybridized carbons (Fsp3) is 0.357. The summed E-state index contributed by atoms with van der Waals surface area (Å²) in [6, 6.07) is 5.50. The molecule has 0 atom stereocenters. The average molecular weight is 320 g/mol. The second-order valence-corrected chi connectivity index (χ2v) is 5.51. The topological polar surface area (TPSA) is 54.9 Å². The van der Waals surface area contributed by atoms with Crippen LogP contribution in [-0.4, -0.2) is 26.7 Å². The molecule has 1 fully saturated rings. The molecule has 1 aromatic carbocycles. The van der Waals surface area contributed by atoms with Crippen LogP contribution in [0.1, 0.15) is 29.6 Å². The van der Waals surface area contributed by atoms with Gasteiger partial charge >= 0.3 is 0 Å². The van der Waals surface area contributed by atoms with E-state index in [9.17, 15) is 4.79 Å². The maximum Gasteiger partial charge on any atom is 0.254 e. The number of alkyl halides is 1. The maximum absolute atomic E-state index is 12.4. The van der Waals surface area contributed by atoms with E-state index in [0.29, 0.717) is 11.1 Å². The Balaban J connectivity index is 1.93. The van der Waals surface area contributed by atoms with Crippen LogP contribution < -0.4 is 5.32 Å². The molecule has 0 aliphatic heterocycles. The zero-order valence-electron chi connectivity index (χ0n) is 10.4. The molecule has 4 nitrogen and oxygen atoms in total. The van der Waals surface area contributed by atoms with Crippen LogP contribution in [0, 0.1) is 0 Å². The summed E-state index contributed by atoms with van der Waals surface area (Å²) in [6.07, 6.45) is 6.47. The van der Waals surface area contributed by atoms with Crippen molar-refractivity contribution in [2.75, 3.05) is 5.33 Å². The molecule has 98 valence electrons. The van der Waals surface area contributed by atoms with Crippen LogP contribution in [0.5, 0.6) is 0 Å². The van der Waals surface area contributed by atoms with Gasteiger partial charge < -0.3 is 5.32 Å². The van der Waals surface area contributed by atoms with Gasteiger partial charge in [0.15, 0.2) is 0 Å². The van der Waals surface area contributed by atoms with E-state index in [2.05, 4.69) is 31.2 Å². The molecule has 0 radical (unpaired) electrons. The van der Waals surface area contributed by atoms with Gasteiger partial charge in [-0.3, -0.25) is 14.8 Å². The Labute approximate surface area is 119 Å². The van der Waals surface area contributed by atoms with Gasteiger partial charge in [-0.25, -0.2) is 0 Å². The number of hydrogen-bond donors (Lipinski definition) is 1. The molecule has 1 amide bonds. The monoisotopic (exact) mass is 319 g/mol. The number of amides is 1. The zero-order valence-corrected chi connectivity index (χ0v) is 12.0. The SMILES string of the molecule is O=C(NC1(CBr)CCC1)c1cccc2nccnc12. The molecular weight excluding hydrogens is 306 g/mol. The van der Waals surface area contributed by atoms with E-state index in [0.717, 1.165) is 23.7 Å². The lowest BCUT2D eigenvalue weighted by atomic mass is 9.78. The minimum absolute atomic E-state index is 0.0646. The molecule has 1 heterocycles. The number of hydrogen-bond acceptors (Lipinski definition) is 3. The quantitative estimate of drug-likeness (QED) is 0.885. The third-order valence-corrected chi connectivity index (χ3v) is 4.76. The van der Waals surface area contributed by atoms with Crippen molar-refractivity contribution >= 4 is 32.9 Å². The highest BCUT2D eigenvalue weighted by atomic mass is 79.9. The van der Waals surface area contributed by atoms with E-state index >= 15 is 0 Å². The Morgan fingerprint density at radius 1 is 1.32 bits per heavy atom. The van der Waals surface area contributed by atoms with E-state index in [1.165, 1.54) is 6.42 Å². The summed E-state index contributed by atoms with van der Waals surface area (Å²) in [6.45, 7) is 0. The zero-order chi connectivity index (χ0) is 13.3. The fourth-order valence-electron chi connectivity index (χ4n) is 2.38. The van der Waals surface area contributed by atoms with Crippen molar-refractivity contribution in [1.82, 2.24) is 15.3 Å². The molecular formula is C14H14BrN3O. The second kappa shape index (κ2) is 4.89. The van der Waals surface area contributed by atoms with Crippen molar-refractivity contribution in [3.63, 3.8) is 0 Å². The first-order chi connectivity index (χ1) is 9.24. The number of benzene rings is 1. The van der Waals surface area contributed by atoms with Crippen LogP contribution in [0.2, 0.25) is 0 Å². The highest BCUT2D eigenvalue weighted by Gasteiger charge is 2.37.